The SMILES string of the molecule is CCc1c(C[n+]2cccc(NC(=O)Nc3ccc(C)cc3)c2)c(CC)c(C[n+]2cccc(NC(=O)Nc3ccc(C)cc3)c2)c(CC)c1C[n+]1cccc(NC(=O)Nc2ccc(C)cc2)c1. The van der Waals surface area contributed by atoms with Gasteiger partial charge in [0.05, 0.1) is 0 Å². The Labute approximate surface area is 387 Å². The van der Waals surface area contributed by atoms with E-state index in [2.05, 4.69) is 66.4 Å². The van der Waals surface area contributed by atoms with Gasteiger partial charge in [-0.2, -0.15) is 13.7 Å². The van der Waals surface area contributed by atoms with Gasteiger partial charge in [-0.25, -0.2) is 14.4 Å². The molecular formula is C54H60N9O3+3. The van der Waals surface area contributed by atoms with Gasteiger partial charge in [-0.05, 0) is 111 Å². The molecular weight excluding hydrogens is 823 g/mol. The van der Waals surface area contributed by atoms with E-state index in [1.807, 2.05) is 167 Å². The van der Waals surface area contributed by atoms with Crippen LogP contribution in [0.2, 0.25) is 0 Å². The molecule has 12 nitrogen and oxygen atoms in total. The molecule has 0 saturated carbocycles. The lowest BCUT2D eigenvalue weighted by molar-refractivity contribution is -0.690. The average Bonchev–Trinajstić information content (AvgIpc) is 3.29. The number of anilines is 6. The van der Waals surface area contributed by atoms with Crippen LogP contribution in [0.4, 0.5) is 48.5 Å². The number of urea groups is 3. The Morgan fingerprint density at radius 1 is 0.348 bits per heavy atom. The van der Waals surface area contributed by atoms with Crippen molar-refractivity contribution in [3.63, 3.8) is 0 Å². The van der Waals surface area contributed by atoms with Crippen molar-refractivity contribution < 1.29 is 28.1 Å². The number of carbonyl (C=O) groups excluding carboxylic acids is 3. The summed E-state index contributed by atoms with van der Waals surface area (Å²) in [4.78, 5) is 39.3. The fourth-order valence-corrected chi connectivity index (χ4v) is 8.37. The zero-order valence-corrected chi connectivity index (χ0v) is 38.7. The van der Waals surface area contributed by atoms with Crippen molar-refractivity contribution in [3.05, 3.63) is 196 Å². The number of hydrogen-bond donors (Lipinski definition) is 6. The minimum atomic E-state index is -0.320. The summed E-state index contributed by atoms with van der Waals surface area (Å²) in [5.74, 6) is 0. The summed E-state index contributed by atoms with van der Waals surface area (Å²) in [6.07, 6.45) is 14.4. The molecule has 12 heteroatoms. The number of aryl methyl sites for hydroxylation is 3. The van der Waals surface area contributed by atoms with E-state index in [1.54, 1.807) is 0 Å². The Kier molecular flexibility index (Phi) is 15.2. The van der Waals surface area contributed by atoms with Gasteiger partial charge in [0.25, 0.3) is 0 Å². The molecule has 66 heavy (non-hydrogen) atoms. The van der Waals surface area contributed by atoms with E-state index in [1.165, 1.54) is 33.4 Å². The molecule has 0 fully saturated rings. The highest BCUT2D eigenvalue weighted by Gasteiger charge is 2.28. The summed E-state index contributed by atoms with van der Waals surface area (Å²) in [6, 6.07) is 33.7. The first-order valence-corrected chi connectivity index (χ1v) is 22.5. The van der Waals surface area contributed by atoms with Crippen LogP contribution in [0.3, 0.4) is 0 Å². The summed E-state index contributed by atoms with van der Waals surface area (Å²) in [5, 5.41) is 17.9. The van der Waals surface area contributed by atoms with Crippen LogP contribution in [0.1, 0.15) is 70.8 Å². The molecule has 0 spiro atoms. The first-order valence-electron chi connectivity index (χ1n) is 22.5. The molecule has 4 aromatic carbocycles. The monoisotopic (exact) mass is 882 g/mol. The molecule has 7 aromatic rings. The van der Waals surface area contributed by atoms with E-state index in [4.69, 9.17) is 0 Å². The fourth-order valence-electron chi connectivity index (χ4n) is 8.37. The van der Waals surface area contributed by atoms with Crippen molar-refractivity contribution >= 4 is 52.2 Å². The summed E-state index contributed by atoms with van der Waals surface area (Å²) < 4.78 is 6.38. The maximum Gasteiger partial charge on any atom is 0.323 e. The van der Waals surface area contributed by atoms with Gasteiger partial charge in [0.1, 0.15) is 17.1 Å². The summed E-state index contributed by atoms with van der Waals surface area (Å²) in [7, 11) is 0. The van der Waals surface area contributed by atoms with E-state index in [0.717, 1.165) is 36.0 Å². The van der Waals surface area contributed by atoms with E-state index in [0.29, 0.717) is 53.8 Å². The molecule has 6 N–H and O–H groups in total. The molecule has 0 atom stereocenters. The zero-order valence-electron chi connectivity index (χ0n) is 38.7. The largest absolute Gasteiger partial charge is 0.323 e. The van der Waals surface area contributed by atoms with Crippen LogP contribution >= 0.6 is 0 Å². The van der Waals surface area contributed by atoms with Crippen molar-refractivity contribution in [3.8, 4) is 0 Å². The first kappa shape index (κ1) is 46.1. The lowest BCUT2D eigenvalue weighted by Gasteiger charge is -2.23. The highest BCUT2D eigenvalue weighted by Crippen LogP contribution is 2.31. The predicted octanol–water partition coefficient (Wildman–Crippen LogP) is 10.2. The number of nitrogens with zero attached hydrogens (tertiary/aromatic N) is 3. The predicted molar refractivity (Wildman–Crippen MR) is 263 cm³/mol. The van der Waals surface area contributed by atoms with Crippen molar-refractivity contribution in [2.75, 3.05) is 31.9 Å². The van der Waals surface area contributed by atoms with Gasteiger partial charge < -0.3 is 31.9 Å². The number of rotatable bonds is 15. The third kappa shape index (κ3) is 12.2. The molecule has 0 saturated heterocycles. The second-order valence-electron chi connectivity index (χ2n) is 16.6. The Morgan fingerprint density at radius 2 is 0.591 bits per heavy atom. The van der Waals surface area contributed by atoms with E-state index in [-0.39, 0.29) is 18.1 Å². The van der Waals surface area contributed by atoms with Crippen molar-refractivity contribution in [2.24, 2.45) is 0 Å². The van der Waals surface area contributed by atoms with Crippen LogP contribution in [-0.2, 0) is 38.9 Å². The minimum Gasteiger partial charge on any atom is -0.308 e. The number of pyridine rings is 3. The van der Waals surface area contributed by atoms with Crippen molar-refractivity contribution in [2.45, 2.75) is 80.4 Å². The van der Waals surface area contributed by atoms with Crippen LogP contribution in [0.25, 0.3) is 0 Å². The number of aromatic nitrogens is 3. The van der Waals surface area contributed by atoms with Crippen molar-refractivity contribution in [1.82, 2.24) is 0 Å². The third-order valence-corrected chi connectivity index (χ3v) is 11.5. The van der Waals surface area contributed by atoms with Gasteiger partial charge in [-0.3, -0.25) is 0 Å². The topological polar surface area (TPSA) is 135 Å². The van der Waals surface area contributed by atoms with E-state index in [9.17, 15) is 14.4 Å². The second kappa shape index (κ2) is 21.7. The van der Waals surface area contributed by atoms with E-state index >= 15 is 0 Å². The van der Waals surface area contributed by atoms with Crippen LogP contribution in [0.5, 0.6) is 0 Å². The van der Waals surface area contributed by atoms with Gasteiger partial charge in [0.15, 0.2) is 56.8 Å². The summed E-state index contributed by atoms with van der Waals surface area (Å²) in [6.45, 7) is 14.4. The van der Waals surface area contributed by atoms with Gasteiger partial charge in [-0.15, -0.1) is 0 Å². The van der Waals surface area contributed by atoms with Crippen LogP contribution < -0.4 is 45.6 Å². The zero-order chi connectivity index (χ0) is 46.6. The minimum absolute atomic E-state index is 0.320. The maximum atomic E-state index is 13.1. The van der Waals surface area contributed by atoms with E-state index < -0.39 is 0 Å². The maximum absolute atomic E-state index is 13.1. The number of amides is 6. The third-order valence-electron chi connectivity index (χ3n) is 11.5. The molecule has 0 aliphatic heterocycles. The first-order chi connectivity index (χ1) is 32.0. The number of benzene rings is 4. The summed E-state index contributed by atoms with van der Waals surface area (Å²) >= 11 is 0. The molecule has 0 bridgehead atoms. The van der Waals surface area contributed by atoms with Crippen molar-refractivity contribution in [1.29, 1.82) is 0 Å². The molecule has 0 aliphatic carbocycles. The van der Waals surface area contributed by atoms with Crippen LogP contribution in [-0.4, -0.2) is 18.1 Å². The molecule has 0 aliphatic rings. The molecule has 6 amide bonds. The second-order valence-corrected chi connectivity index (χ2v) is 16.6. The average molecular weight is 883 g/mol. The van der Waals surface area contributed by atoms with Gasteiger partial charge in [0, 0.05) is 52.0 Å². The Bertz CT molecular complexity index is 2500. The molecule has 0 unspecified atom stereocenters. The lowest BCUT2D eigenvalue weighted by Crippen LogP contribution is -2.39. The Balaban J connectivity index is 1.22. The number of carbonyl (C=O) groups is 3. The molecule has 336 valence electrons. The molecule has 3 heterocycles. The summed E-state index contributed by atoms with van der Waals surface area (Å²) in [5.41, 5.74) is 15.0. The molecule has 7 rings (SSSR count). The highest BCUT2D eigenvalue weighted by molar-refractivity contribution is 6.00. The lowest BCUT2D eigenvalue weighted by atomic mass is 9.83. The number of nitrogens with one attached hydrogen (secondary N) is 6. The Morgan fingerprint density at radius 3 is 0.833 bits per heavy atom. The van der Waals surface area contributed by atoms with Crippen LogP contribution in [0, 0.1) is 20.8 Å². The van der Waals surface area contributed by atoms with Gasteiger partial charge in [0.2, 0.25) is 0 Å². The van der Waals surface area contributed by atoms with Crippen LogP contribution in [0.15, 0.2) is 146 Å². The standard InChI is InChI=1S/C54H57N9O3/c1-7-46-49(34-61-28-10-13-43(31-61)58-52(64)55-40-22-16-37(4)17-23-40)47(8-2)51(36-63-30-12-15-45(33-63)60-54(66)57-42-26-20-39(6)21-27-42)48(9-3)50(46)35-62-29-11-14-44(32-62)59-53(65)56-41-24-18-38(5)19-25-41/h10-33H,7-9,34-36H2,1-6H3,(H3-3,55,56,57,58,59,60,64,65,66)/p+3. The van der Waals surface area contributed by atoms with Gasteiger partial charge in [-0.1, -0.05) is 73.9 Å². The normalized spacial score (nSPS) is 10.8. The fraction of sp³-hybridized carbons (Fsp3) is 0.222. The highest BCUT2D eigenvalue weighted by atomic mass is 16.2. The molecule has 3 aromatic heterocycles. The number of hydrogen-bond acceptors (Lipinski definition) is 3. The Hall–Kier alpha value is -7.86. The molecule has 0 radical (unpaired) electrons. The van der Waals surface area contributed by atoms with Gasteiger partial charge >= 0.3 is 18.1 Å². The quantitative estimate of drug-likeness (QED) is 0.0573. The smallest absolute Gasteiger partial charge is 0.308 e.